The van der Waals surface area contributed by atoms with Gasteiger partial charge in [0.15, 0.2) is 11.5 Å². The highest BCUT2D eigenvalue weighted by molar-refractivity contribution is 6.09. The Morgan fingerprint density at radius 2 is 2.23 bits per heavy atom. The Labute approximate surface area is 184 Å². The fourth-order valence-electron chi connectivity index (χ4n) is 4.04. The van der Waals surface area contributed by atoms with Crippen molar-refractivity contribution in [1.82, 2.24) is 14.4 Å². The molecule has 0 aliphatic heterocycles. The lowest BCUT2D eigenvalue weighted by atomic mass is 10.1. The summed E-state index contributed by atoms with van der Waals surface area (Å²) in [6.45, 7) is 7.25. The molecule has 3 aromatic rings. The molecule has 0 radical (unpaired) electrons. The van der Waals surface area contributed by atoms with Gasteiger partial charge in [0.1, 0.15) is 5.75 Å². The van der Waals surface area contributed by atoms with Gasteiger partial charge in [-0.15, -0.1) is 0 Å². The molecule has 31 heavy (non-hydrogen) atoms. The lowest BCUT2D eigenvalue weighted by Crippen LogP contribution is -2.11. The van der Waals surface area contributed by atoms with E-state index in [9.17, 15) is 0 Å². The van der Waals surface area contributed by atoms with Crippen LogP contribution in [0.15, 0.2) is 53.9 Å². The van der Waals surface area contributed by atoms with Crippen molar-refractivity contribution < 1.29 is 4.74 Å². The van der Waals surface area contributed by atoms with Crippen LogP contribution >= 0.6 is 0 Å². The van der Waals surface area contributed by atoms with Gasteiger partial charge >= 0.3 is 0 Å². The Hall–Kier alpha value is -3.15. The number of nitrogens with one attached hydrogen (secondary N) is 1. The number of imidazole rings is 1. The maximum atomic E-state index is 6.21. The standard InChI is InChI=1S/C25H31N5O/c1-4-11-26-16-19(5-2)23-17-28-25-24(27-12-13-30(23)25)29-20-7-6-8-21(15-20)31-22-10-9-18(3)14-22/h5-8,12-13,15-18,22H,4,9-11,14H2,1-3H3,(H,27,29)/b19-5+,26-16?. The maximum Gasteiger partial charge on any atom is 0.180 e. The number of rotatable bonds is 8. The van der Waals surface area contributed by atoms with E-state index >= 15 is 0 Å². The fourth-order valence-corrected chi connectivity index (χ4v) is 4.04. The fraction of sp³-hybridized carbons (Fsp3) is 0.400. The number of aliphatic imine (C=N–C) groups is 1. The highest BCUT2D eigenvalue weighted by Crippen LogP contribution is 2.30. The second-order valence-electron chi connectivity index (χ2n) is 8.20. The summed E-state index contributed by atoms with van der Waals surface area (Å²) in [5.41, 5.74) is 3.75. The van der Waals surface area contributed by atoms with Crippen LogP contribution in [0.5, 0.6) is 5.75 Å². The lowest BCUT2D eigenvalue weighted by Gasteiger charge is -2.15. The molecule has 6 heteroatoms. The van der Waals surface area contributed by atoms with Gasteiger partial charge in [0.25, 0.3) is 0 Å². The molecule has 2 aromatic heterocycles. The Morgan fingerprint density at radius 1 is 1.32 bits per heavy atom. The molecule has 6 nitrogen and oxygen atoms in total. The second-order valence-corrected chi connectivity index (χ2v) is 8.20. The molecule has 0 spiro atoms. The quantitative estimate of drug-likeness (QED) is 0.462. The molecule has 2 unspecified atom stereocenters. The Balaban J connectivity index is 1.55. The Bertz CT molecular complexity index is 1080. The van der Waals surface area contributed by atoms with Crippen molar-refractivity contribution in [2.45, 2.75) is 52.6 Å². The minimum atomic E-state index is 0.315. The van der Waals surface area contributed by atoms with Gasteiger partial charge in [-0.3, -0.25) is 9.39 Å². The highest BCUT2D eigenvalue weighted by Gasteiger charge is 2.22. The van der Waals surface area contributed by atoms with E-state index in [2.05, 4.69) is 40.2 Å². The summed E-state index contributed by atoms with van der Waals surface area (Å²) in [6.07, 6.45) is 14.4. The molecule has 1 fully saturated rings. The lowest BCUT2D eigenvalue weighted by molar-refractivity contribution is 0.205. The molecule has 2 atom stereocenters. The minimum absolute atomic E-state index is 0.315. The molecule has 1 saturated carbocycles. The zero-order chi connectivity index (χ0) is 21.6. The van der Waals surface area contributed by atoms with Crippen molar-refractivity contribution in [2.75, 3.05) is 11.9 Å². The molecule has 1 aromatic carbocycles. The maximum absolute atomic E-state index is 6.21. The van der Waals surface area contributed by atoms with Crippen LogP contribution in [-0.4, -0.2) is 33.2 Å². The number of aromatic nitrogens is 3. The largest absolute Gasteiger partial charge is 0.490 e. The third-order valence-electron chi connectivity index (χ3n) is 5.66. The van der Waals surface area contributed by atoms with Crippen molar-refractivity contribution in [3.8, 4) is 5.75 Å². The molecular weight excluding hydrogens is 386 g/mol. The average molecular weight is 418 g/mol. The van der Waals surface area contributed by atoms with Gasteiger partial charge in [-0.1, -0.05) is 26.0 Å². The number of hydrogen-bond acceptors (Lipinski definition) is 5. The van der Waals surface area contributed by atoms with Crippen LogP contribution in [0.4, 0.5) is 11.5 Å². The summed E-state index contributed by atoms with van der Waals surface area (Å²) in [6, 6.07) is 8.08. The van der Waals surface area contributed by atoms with E-state index in [4.69, 9.17) is 4.74 Å². The second kappa shape index (κ2) is 9.77. The normalized spacial score (nSPS) is 19.4. The molecule has 1 aliphatic rings. The Morgan fingerprint density at radius 3 is 3.00 bits per heavy atom. The molecule has 0 saturated heterocycles. The predicted octanol–water partition coefficient (Wildman–Crippen LogP) is 5.92. The van der Waals surface area contributed by atoms with Gasteiger partial charge < -0.3 is 10.1 Å². The SMILES string of the molecule is C/C=C(\C=NCCC)c1cnc2c(Nc3cccc(OC4CCC(C)C4)c3)nccn12. The minimum Gasteiger partial charge on any atom is -0.490 e. The van der Waals surface area contributed by atoms with Crippen LogP contribution in [0, 0.1) is 5.92 Å². The zero-order valence-electron chi connectivity index (χ0n) is 18.6. The van der Waals surface area contributed by atoms with Gasteiger partial charge in [-0.2, -0.15) is 0 Å². The summed E-state index contributed by atoms with van der Waals surface area (Å²) in [5.74, 6) is 2.35. The van der Waals surface area contributed by atoms with Crippen LogP contribution in [0.1, 0.15) is 52.1 Å². The first-order chi connectivity index (χ1) is 15.2. The van der Waals surface area contributed by atoms with E-state index < -0.39 is 0 Å². The highest BCUT2D eigenvalue weighted by atomic mass is 16.5. The summed E-state index contributed by atoms with van der Waals surface area (Å²) in [7, 11) is 0. The van der Waals surface area contributed by atoms with Crippen molar-refractivity contribution >= 4 is 28.9 Å². The predicted molar refractivity (Wildman–Crippen MR) is 127 cm³/mol. The third-order valence-corrected chi connectivity index (χ3v) is 5.66. The number of allylic oxidation sites excluding steroid dienone is 2. The van der Waals surface area contributed by atoms with E-state index in [0.717, 1.165) is 60.1 Å². The van der Waals surface area contributed by atoms with Gasteiger partial charge in [0.05, 0.1) is 18.0 Å². The van der Waals surface area contributed by atoms with Crippen molar-refractivity contribution in [2.24, 2.45) is 10.9 Å². The van der Waals surface area contributed by atoms with Crippen LogP contribution in [0.2, 0.25) is 0 Å². The topological polar surface area (TPSA) is 63.8 Å². The number of ether oxygens (including phenoxy) is 1. The number of nitrogens with zero attached hydrogens (tertiary/aromatic N) is 4. The van der Waals surface area contributed by atoms with E-state index in [1.54, 1.807) is 6.20 Å². The number of anilines is 2. The summed E-state index contributed by atoms with van der Waals surface area (Å²) < 4.78 is 8.25. The molecule has 0 bridgehead atoms. The molecule has 1 N–H and O–H groups in total. The Kier molecular flexibility index (Phi) is 6.65. The van der Waals surface area contributed by atoms with E-state index in [0.29, 0.717) is 11.9 Å². The van der Waals surface area contributed by atoms with Gasteiger partial charge in [-0.05, 0) is 50.7 Å². The molecule has 2 heterocycles. The van der Waals surface area contributed by atoms with E-state index in [1.807, 2.05) is 54.2 Å². The smallest absolute Gasteiger partial charge is 0.180 e. The number of fused-ring (bicyclic) bond motifs is 1. The first kappa shape index (κ1) is 21.1. The average Bonchev–Trinajstić information content (AvgIpc) is 3.38. The van der Waals surface area contributed by atoms with Gasteiger partial charge in [0.2, 0.25) is 0 Å². The molecule has 0 amide bonds. The van der Waals surface area contributed by atoms with Crippen LogP contribution < -0.4 is 10.1 Å². The summed E-state index contributed by atoms with van der Waals surface area (Å²) >= 11 is 0. The van der Waals surface area contributed by atoms with Crippen LogP contribution in [0.25, 0.3) is 11.2 Å². The van der Waals surface area contributed by atoms with Crippen molar-refractivity contribution in [3.05, 3.63) is 54.6 Å². The molecule has 162 valence electrons. The first-order valence-corrected chi connectivity index (χ1v) is 11.2. The van der Waals surface area contributed by atoms with Crippen LogP contribution in [-0.2, 0) is 0 Å². The van der Waals surface area contributed by atoms with Crippen molar-refractivity contribution in [3.63, 3.8) is 0 Å². The van der Waals surface area contributed by atoms with E-state index in [-0.39, 0.29) is 0 Å². The van der Waals surface area contributed by atoms with Gasteiger partial charge in [0, 0.05) is 42.5 Å². The number of benzene rings is 1. The van der Waals surface area contributed by atoms with E-state index in [1.165, 1.54) is 6.42 Å². The third kappa shape index (κ3) is 4.95. The molecule has 1 aliphatic carbocycles. The van der Waals surface area contributed by atoms with Gasteiger partial charge in [-0.25, -0.2) is 9.97 Å². The summed E-state index contributed by atoms with van der Waals surface area (Å²) in [5, 5.41) is 3.42. The first-order valence-electron chi connectivity index (χ1n) is 11.2. The monoisotopic (exact) mass is 417 g/mol. The summed E-state index contributed by atoms with van der Waals surface area (Å²) in [4.78, 5) is 13.7. The van der Waals surface area contributed by atoms with Crippen LogP contribution in [0.3, 0.4) is 0 Å². The zero-order valence-corrected chi connectivity index (χ0v) is 18.6. The molecular formula is C25H31N5O. The molecule has 4 rings (SSSR count). The number of hydrogen-bond donors (Lipinski definition) is 1. The van der Waals surface area contributed by atoms with Crippen molar-refractivity contribution in [1.29, 1.82) is 0 Å².